The van der Waals surface area contributed by atoms with E-state index in [1.807, 2.05) is 19.1 Å². The molecule has 0 aromatic heterocycles. The summed E-state index contributed by atoms with van der Waals surface area (Å²) in [6, 6.07) is 5.56. The summed E-state index contributed by atoms with van der Waals surface area (Å²) in [7, 11) is -2.88. The van der Waals surface area contributed by atoms with Gasteiger partial charge < -0.3 is 9.64 Å². The number of rotatable bonds is 4. The number of amides is 1. The lowest BCUT2D eigenvalue weighted by molar-refractivity contribution is -0.135. The molecule has 0 radical (unpaired) electrons. The third-order valence-electron chi connectivity index (χ3n) is 4.83. The zero-order chi connectivity index (χ0) is 18.0. The third kappa shape index (κ3) is 4.65. The molecular formula is C17H23ClN2O4S. The fourth-order valence-electron chi connectivity index (χ4n) is 3.35. The fourth-order valence-corrected chi connectivity index (χ4v) is 5.29. The predicted molar refractivity (Wildman–Crippen MR) is 96.9 cm³/mol. The van der Waals surface area contributed by atoms with E-state index in [4.69, 9.17) is 16.3 Å². The van der Waals surface area contributed by atoms with E-state index in [9.17, 15) is 13.2 Å². The molecule has 0 N–H and O–H groups in total. The van der Waals surface area contributed by atoms with Crippen LogP contribution in [-0.4, -0.2) is 74.5 Å². The lowest BCUT2D eigenvalue weighted by Crippen LogP contribution is -2.53. The third-order valence-corrected chi connectivity index (χ3v) is 6.89. The molecule has 2 fully saturated rings. The van der Waals surface area contributed by atoms with Crippen LogP contribution in [0.1, 0.15) is 12.0 Å². The molecule has 3 rings (SSSR count). The molecule has 8 heteroatoms. The Labute approximate surface area is 153 Å². The summed E-state index contributed by atoms with van der Waals surface area (Å²) in [6.45, 7) is 4.50. The minimum Gasteiger partial charge on any atom is -0.482 e. The highest BCUT2D eigenvalue weighted by Gasteiger charge is 2.34. The summed E-state index contributed by atoms with van der Waals surface area (Å²) in [5.41, 5.74) is 1.02. The minimum absolute atomic E-state index is 0.0407. The number of hydrogen-bond donors (Lipinski definition) is 0. The van der Waals surface area contributed by atoms with Gasteiger partial charge in [-0.1, -0.05) is 17.7 Å². The van der Waals surface area contributed by atoms with Gasteiger partial charge in [-0.05, 0) is 31.0 Å². The number of ether oxygens (including phenoxy) is 1. The summed E-state index contributed by atoms with van der Waals surface area (Å²) < 4.78 is 28.8. The Hall–Kier alpha value is -1.31. The highest BCUT2D eigenvalue weighted by molar-refractivity contribution is 7.91. The topological polar surface area (TPSA) is 66.9 Å². The average Bonchev–Trinajstić information content (AvgIpc) is 2.95. The fraction of sp³-hybridized carbons (Fsp3) is 0.588. The van der Waals surface area contributed by atoms with Crippen LogP contribution in [0.15, 0.2) is 18.2 Å². The van der Waals surface area contributed by atoms with E-state index >= 15 is 0 Å². The van der Waals surface area contributed by atoms with Crippen molar-refractivity contribution in [2.75, 3.05) is 44.3 Å². The Morgan fingerprint density at radius 2 is 2.00 bits per heavy atom. The van der Waals surface area contributed by atoms with Gasteiger partial charge in [-0.3, -0.25) is 9.69 Å². The first-order valence-corrected chi connectivity index (χ1v) is 10.7. The second-order valence-corrected chi connectivity index (χ2v) is 9.33. The van der Waals surface area contributed by atoms with Gasteiger partial charge in [-0.2, -0.15) is 0 Å². The van der Waals surface area contributed by atoms with Crippen molar-refractivity contribution in [3.05, 3.63) is 28.8 Å². The van der Waals surface area contributed by atoms with E-state index in [1.165, 1.54) is 0 Å². The first-order valence-electron chi connectivity index (χ1n) is 8.45. The number of halogens is 1. The second-order valence-electron chi connectivity index (χ2n) is 6.70. The van der Waals surface area contributed by atoms with Crippen molar-refractivity contribution in [1.82, 2.24) is 9.80 Å². The van der Waals surface area contributed by atoms with Gasteiger partial charge in [0.1, 0.15) is 5.75 Å². The molecule has 0 spiro atoms. The van der Waals surface area contributed by atoms with Crippen LogP contribution >= 0.6 is 11.6 Å². The number of carbonyl (C=O) groups excluding carboxylic acids is 1. The number of hydrogen-bond acceptors (Lipinski definition) is 5. The summed E-state index contributed by atoms with van der Waals surface area (Å²) in [6.07, 6.45) is 0.700. The van der Waals surface area contributed by atoms with E-state index in [2.05, 4.69) is 4.90 Å². The molecule has 6 nitrogen and oxygen atoms in total. The van der Waals surface area contributed by atoms with Crippen LogP contribution in [0.4, 0.5) is 0 Å². The van der Waals surface area contributed by atoms with E-state index < -0.39 is 9.84 Å². The Morgan fingerprint density at radius 3 is 2.64 bits per heavy atom. The molecule has 138 valence electrons. The highest BCUT2D eigenvalue weighted by Crippen LogP contribution is 2.25. The van der Waals surface area contributed by atoms with Gasteiger partial charge in [0, 0.05) is 32.2 Å². The van der Waals surface area contributed by atoms with Crippen LogP contribution in [0.2, 0.25) is 5.02 Å². The largest absolute Gasteiger partial charge is 0.482 e. The molecule has 2 aliphatic rings. The van der Waals surface area contributed by atoms with Crippen molar-refractivity contribution < 1.29 is 17.9 Å². The van der Waals surface area contributed by atoms with Crippen LogP contribution in [0.5, 0.6) is 5.75 Å². The van der Waals surface area contributed by atoms with Crippen molar-refractivity contribution in [3.63, 3.8) is 0 Å². The van der Waals surface area contributed by atoms with Gasteiger partial charge in [0.2, 0.25) is 0 Å². The molecule has 0 bridgehead atoms. The summed E-state index contributed by atoms with van der Waals surface area (Å²) in [4.78, 5) is 16.3. The SMILES string of the molecule is Cc1ccc(Cl)c(OCC(=O)N2CCN([C@H]3CCS(=O)(=O)C3)CC2)c1. The van der Waals surface area contributed by atoms with Crippen molar-refractivity contribution in [1.29, 1.82) is 0 Å². The van der Waals surface area contributed by atoms with Crippen LogP contribution in [0.3, 0.4) is 0 Å². The number of carbonyl (C=O) groups is 1. The molecule has 1 atom stereocenters. The van der Waals surface area contributed by atoms with E-state index in [1.54, 1.807) is 11.0 Å². The van der Waals surface area contributed by atoms with Gasteiger partial charge in [0.15, 0.2) is 16.4 Å². The van der Waals surface area contributed by atoms with Crippen LogP contribution in [0.25, 0.3) is 0 Å². The summed E-state index contributed by atoms with van der Waals surface area (Å²) >= 11 is 6.07. The maximum absolute atomic E-state index is 12.3. The molecule has 1 amide bonds. The van der Waals surface area contributed by atoms with Crippen molar-refractivity contribution in [2.24, 2.45) is 0 Å². The maximum atomic E-state index is 12.3. The number of sulfone groups is 1. The molecule has 1 aromatic carbocycles. The molecule has 2 saturated heterocycles. The summed E-state index contributed by atoms with van der Waals surface area (Å²) in [5.74, 6) is 0.971. The van der Waals surface area contributed by atoms with Gasteiger partial charge in [0.05, 0.1) is 16.5 Å². The Bertz CT molecular complexity index is 745. The Morgan fingerprint density at radius 1 is 1.28 bits per heavy atom. The standard InChI is InChI=1S/C17H23ClN2O4S/c1-13-2-3-15(18)16(10-13)24-11-17(21)20-7-5-19(6-8-20)14-4-9-25(22,23)12-14/h2-3,10,14H,4-9,11-12H2,1H3/t14-/m0/s1. The van der Waals surface area contributed by atoms with Crippen molar-refractivity contribution in [3.8, 4) is 5.75 Å². The molecular weight excluding hydrogens is 364 g/mol. The van der Waals surface area contributed by atoms with Crippen LogP contribution in [-0.2, 0) is 14.6 Å². The van der Waals surface area contributed by atoms with Gasteiger partial charge in [-0.25, -0.2) is 8.42 Å². The van der Waals surface area contributed by atoms with Crippen molar-refractivity contribution in [2.45, 2.75) is 19.4 Å². The zero-order valence-electron chi connectivity index (χ0n) is 14.3. The molecule has 2 heterocycles. The number of nitrogens with zero attached hydrogens (tertiary/aromatic N) is 2. The average molecular weight is 387 g/mol. The molecule has 1 aromatic rings. The Kier molecular flexibility index (Phi) is 5.55. The molecule has 2 aliphatic heterocycles. The minimum atomic E-state index is -2.88. The molecule has 0 unspecified atom stereocenters. The lowest BCUT2D eigenvalue weighted by atomic mass is 10.2. The molecule has 25 heavy (non-hydrogen) atoms. The normalized spacial score (nSPS) is 23.6. The predicted octanol–water partition coefficient (Wildman–Crippen LogP) is 1.36. The number of piperazine rings is 1. The second kappa shape index (κ2) is 7.51. The summed E-state index contributed by atoms with van der Waals surface area (Å²) in [5, 5.41) is 0.491. The van der Waals surface area contributed by atoms with E-state index in [0.717, 1.165) is 5.56 Å². The van der Waals surface area contributed by atoms with E-state index in [0.29, 0.717) is 43.4 Å². The first kappa shape index (κ1) is 18.5. The van der Waals surface area contributed by atoms with Gasteiger partial charge in [0.25, 0.3) is 5.91 Å². The zero-order valence-corrected chi connectivity index (χ0v) is 15.9. The first-order chi connectivity index (χ1) is 11.8. The monoisotopic (exact) mass is 386 g/mol. The van der Waals surface area contributed by atoms with Crippen LogP contribution in [0, 0.1) is 6.92 Å². The number of benzene rings is 1. The molecule has 0 aliphatic carbocycles. The molecule has 0 saturated carbocycles. The quantitative estimate of drug-likeness (QED) is 0.781. The number of aryl methyl sites for hydroxylation is 1. The van der Waals surface area contributed by atoms with E-state index in [-0.39, 0.29) is 30.1 Å². The van der Waals surface area contributed by atoms with Gasteiger partial charge in [-0.15, -0.1) is 0 Å². The van der Waals surface area contributed by atoms with Gasteiger partial charge >= 0.3 is 0 Å². The lowest BCUT2D eigenvalue weighted by Gasteiger charge is -2.37. The van der Waals surface area contributed by atoms with Crippen molar-refractivity contribution >= 4 is 27.3 Å². The Balaban J connectivity index is 1.48. The van der Waals surface area contributed by atoms with Crippen LogP contribution < -0.4 is 4.74 Å². The highest BCUT2D eigenvalue weighted by atomic mass is 35.5. The maximum Gasteiger partial charge on any atom is 0.260 e. The smallest absolute Gasteiger partial charge is 0.260 e.